The number of phenols is 1. The van der Waals surface area contributed by atoms with Gasteiger partial charge in [0.1, 0.15) is 11.3 Å². The van der Waals surface area contributed by atoms with Gasteiger partial charge in [-0.2, -0.15) is 0 Å². The van der Waals surface area contributed by atoms with Gasteiger partial charge in [0.05, 0.1) is 0 Å². The third-order valence-corrected chi connectivity index (χ3v) is 4.80. The van der Waals surface area contributed by atoms with Crippen molar-refractivity contribution < 1.29 is 15.0 Å². The zero-order valence-corrected chi connectivity index (χ0v) is 14.1. The lowest BCUT2D eigenvalue weighted by Gasteiger charge is -2.26. The van der Waals surface area contributed by atoms with Gasteiger partial charge in [-0.1, -0.05) is 64.1 Å². The highest BCUT2D eigenvalue weighted by molar-refractivity contribution is 5.91. The summed E-state index contributed by atoms with van der Waals surface area (Å²) in [6.07, 6.45) is 0.885. The number of carboxylic acid groups (broad SMARTS) is 1. The maximum atomic E-state index is 11.5. The van der Waals surface area contributed by atoms with Crippen molar-refractivity contribution in [3.05, 3.63) is 64.7 Å². The molecule has 2 N–H and O–H groups in total. The van der Waals surface area contributed by atoms with Gasteiger partial charge in [0.25, 0.3) is 0 Å². The molecule has 3 heteroatoms. The second-order valence-electron chi connectivity index (χ2n) is 6.64. The van der Waals surface area contributed by atoms with Crippen LogP contribution >= 0.6 is 0 Å². The summed E-state index contributed by atoms with van der Waals surface area (Å²) in [7, 11) is 0. The zero-order chi connectivity index (χ0) is 17.2. The molecule has 0 fully saturated rings. The van der Waals surface area contributed by atoms with Gasteiger partial charge in [-0.25, -0.2) is 4.79 Å². The molecule has 122 valence electrons. The Bertz CT molecular complexity index is 702. The second-order valence-corrected chi connectivity index (χ2v) is 6.64. The summed E-state index contributed by atoms with van der Waals surface area (Å²) in [4.78, 5) is 11.5. The monoisotopic (exact) mass is 312 g/mol. The molecule has 0 aliphatic heterocycles. The molecule has 2 rings (SSSR count). The quantitative estimate of drug-likeness (QED) is 0.823. The summed E-state index contributed by atoms with van der Waals surface area (Å²) in [5.74, 6) is -1.32. The Hall–Kier alpha value is -2.29. The fourth-order valence-electron chi connectivity index (χ4n) is 2.67. The lowest BCUT2D eigenvalue weighted by atomic mass is 9.78. The predicted molar refractivity (Wildman–Crippen MR) is 92.3 cm³/mol. The molecule has 0 aliphatic carbocycles. The molecule has 23 heavy (non-hydrogen) atoms. The minimum atomic E-state index is -1.10. The third-order valence-electron chi connectivity index (χ3n) is 4.80. The molecule has 0 bridgehead atoms. The fourth-order valence-corrected chi connectivity index (χ4v) is 2.67. The summed E-state index contributed by atoms with van der Waals surface area (Å²) in [6.45, 7) is 8.23. The van der Waals surface area contributed by atoms with E-state index in [1.807, 2.05) is 43.3 Å². The maximum Gasteiger partial charge on any atom is 0.339 e. The van der Waals surface area contributed by atoms with Crippen LogP contribution in [0.15, 0.2) is 42.5 Å². The van der Waals surface area contributed by atoms with E-state index >= 15 is 0 Å². The van der Waals surface area contributed by atoms with Crippen LogP contribution in [-0.4, -0.2) is 16.2 Å². The summed E-state index contributed by atoms with van der Waals surface area (Å²) in [6, 6.07) is 13.4. The van der Waals surface area contributed by atoms with Crippen LogP contribution in [0, 0.1) is 0 Å². The Kier molecular flexibility index (Phi) is 4.79. The highest BCUT2D eigenvalue weighted by Gasteiger charge is 2.26. The average molecular weight is 312 g/mol. The number of hydrogen-bond donors (Lipinski definition) is 2. The van der Waals surface area contributed by atoms with Gasteiger partial charge >= 0.3 is 5.97 Å². The highest BCUT2D eigenvalue weighted by atomic mass is 16.4. The summed E-state index contributed by atoms with van der Waals surface area (Å²) >= 11 is 0. The van der Waals surface area contributed by atoms with Crippen molar-refractivity contribution in [2.45, 2.75) is 45.4 Å². The third kappa shape index (κ3) is 3.39. The molecule has 0 spiro atoms. The van der Waals surface area contributed by atoms with E-state index in [4.69, 9.17) is 0 Å². The van der Waals surface area contributed by atoms with Crippen molar-refractivity contribution in [2.75, 3.05) is 0 Å². The number of benzene rings is 2. The van der Waals surface area contributed by atoms with E-state index in [2.05, 4.69) is 20.8 Å². The summed E-state index contributed by atoms with van der Waals surface area (Å²) in [5, 5.41) is 19.9. The van der Waals surface area contributed by atoms with Crippen LogP contribution in [0.25, 0.3) is 0 Å². The standard InChI is InChI=1S/C20H24O3/c1-5-20(3,4)15-11-16(18(21)17(12-15)19(22)23)13(2)14-9-7-6-8-10-14/h6-13,21H,5H2,1-4H3,(H,22,23). The molecule has 0 amide bonds. The number of rotatable bonds is 5. The lowest BCUT2D eigenvalue weighted by molar-refractivity contribution is 0.0693. The summed E-state index contributed by atoms with van der Waals surface area (Å²) in [5.41, 5.74) is 2.47. The van der Waals surface area contributed by atoms with Crippen molar-refractivity contribution in [3.8, 4) is 5.75 Å². The minimum Gasteiger partial charge on any atom is -0.507 e. The normalized spacial score (nSPS) is 12.9. The number of carbonyl (C=O) groups is 1. The molecule has 2 aromatic carbocycles. The first-order valence-electron chi connectivity index (χ1n) is 7.93. The molecule has 0 aliphatic rings. The van der Waals surface area contributed by atoms with E-state index < -0.39 is 5.97 Å². The van der Waals surface area contributed by atoms with Crippen LogP contribution in [0.4, 0.5) is 0 Å². The molecule has 1 atom stereocenters. The Labute approximate surface area is 137 Å². The van der Waals surface area contributed by atoms with Crippen LogP contribution in [-0.2, 0) is 5.41 Å². The van der Waals surface area contributed by atoms with E-state index in [9.17, 15) is 15.0 Å². The predicted octanol–water partition coefficient (Wildman–Crippen LogP) is 4.93. The minimum absolute atomic E-state index is 0.0261. The molecular formula is C20H24O3. The molecular weight excluding hydrogens is 288 g/mol. The molecule has 0 heterocycles. The fraction of sp³-hybridized carbons (Fsp3) is 0.350. The molecule has 0 radical (unpaired) electrons. The van der Waals surface area contributed by atoms with Crippen molar-refractivity contribution >= 4 is 5.97 Å². The van der Waals surface area contributed by atoms with Crippen LogP contribution < -0.4 is 0 Å². The van der Waals surface area contributed by atoms with Crippen molar-refractivity contribution in [3.63, 3.8) is 0 Å². The number of aromatic hydroxyl groups is 1. The Balaban J connectivity index is 2.65. The lowest BCUT2D eigenvalue weighted by Crippen LogP contribution is -2.17. The molecule has 3 nitrogen and oxygen atoms in total. The first-order chi connectivity index (χ1) is 10.8. The van der Waals surface area contributed by atoms with Crippen LogP contribution in [0.1, 0.15) is 67.1 Å². The largest absolute Gasteiger partial charge is 0.507 e. The Morgan fingerprint density at radius 1 is 1.17 bits per heavy atom. The van der Waals surface area contributed by atoms with Crippen molar-refractivity contribution in [1.29, 1.82) is 0 Å². The topological polar surface area (TPSA) is 57.5 Å². The SMILES string of the molecule is CCC(C)(C)c1cc(C(=O)O)c(O)c(C(C)c2ccccc2)c1. The van der Waals surface area contributed by atoms with Crippen molar-refractivity contribution in [1.82, 2.24) is 0 Å². The van der Waals surface area contributed by atoms with Gasteiger partial charge in [-0.05, 0) is 29.0 Å². The van der Waals surface area contributed by atoms with Crippen LogP contribution in [0.3, 0.4) is 0 Å². The average Bonchev–Trinajstić information content (AvgIpc) is 2.54. The number of aromatic carboxylic acids is 1. The zero-order valence-electron chi connectivity index (χ0n) is 14.1. The molecule has 1 unspecified atom stereocenters. The van der Waals surface area contributed by atoms with Gasteiger partial charge in [0.15, 0.2) is 0 Å². The van der Waals surface area contributed by atoms with Gasteiger partial charge in [-0.3, -0.25) is 0 Å². The van der Waals surface area contributed by atoms with E-state index in [1.54, 1.807) is 6.07 Å². The van der Waals surface area contributed by atoms with E-state index in [1.165, 1.54) is 0 Å². The van der Waals surface area contributed by atoms with E-state index in [0.29, 0.717) is 5.56 Å². The van der Waals surface area contributed by atoms with E-state index in [-0.39, 0.29) is 22.6 Å². The van der Waals surface area contributed by atoms with Crippen LogP contribution in [0.5, 0.6) is 5.75 Å². The summed E-state index contributed by atoms with van der Waals surface area (Å²) < 4.78 is 0. The first kappa shape index (κ1) is 17.1. The van der Waals surface area contributed by atoms with Gasteiger partial charge in [-0.15, -0.1) is 0 Å². The first-order valence-corrected chi connectivity index (χ1v) is 7.93. The second kappa shape index (κ2) is 6.45. The molecule has 2 aromatic rings. The van der Waals surface area contributed by atoms with E-state index in [0.717, 1.165) is 17.5 Å². The van der Waals surface area contributed by atoms with Crippen molar-refractivity contribution in [2.24, 2.45) is 0 Å². The molecule has 0 saturated heterocycles. The van der Waals surface area contributed by atoms with Crippen LogP contribution in [0.2, 0.25) is 0 Å². The van der Waals surface area contributed by atoms with Gasteiger partial charge < -0.3 is 10.2 Å². The maximum absolute atomic E-state index is 11.5. The highest BCUT2D eigenvalue weighted by Crippen LogP contribution is 2.38. The smallest absolute Gasteiger partial charge is 0.339 e. The van der Waals surface area contributed by atoms with Gasteiger partial charge in [0, 0.05) is 11.5 Å². The van der Waals surface area contributed by atoms with Gasteiger partial charge in [0.2, 0.25) is 0 Å². The molecule has 0 aromatic heterocycles. The Morgan fingerprint density at radius 2 is 1.78 bits per heavy atom. The number of hydrogen-bond acceptors (Lipinski definition) is 2. The Morgan fingerprint density at radius 3 is 2.30 bits per heavy atom. The number of carboxylic acids is 1. The molecule has 0 saturated carbocycles.